The van der Waals surface area contributed by atoms with Gasteiger partial charge in [0.2, 0.25) is 11.1 Å². The van der Waals surface area contributed by atoms with Crippen LogP contribution in [0, 0.1) is 0 Å². The summed E-state index contributed by atoms with van der Waals surface area (Å²) in [6.45, 7) is 0.758. The van der Waals surface area contributed by atoms with Crippen LogP contribution in [0.5, 0.6) is 11.5 Å². The van der Waals surface area contributed by atoms with Crippen molar-refractivity contribution < 1.29 is 14.3 Å². The molecule has 158 valence electrons. The number of rotatable bonds is 11. The first-order valence-electron chi connectivity index (χ1n) is 9.19. The van der Waals surface area contributed by atoms with Crippen molar-refractivity contribution in [3.63, 3.8) is 0 Å². The second kappa shape index (κ2) is 11.4. The minimum atomic E-state index is -0.0762. The number of thioether (sulfide) groups is 2. The highest BCUT2D eigenvalue weighted by atomic mass is 32.2. The van der Waals surface area contributed by atoms with Crippen LogP contribution in [0.3, 0.4) is 0 Å². The fourth-order valence-corrected chi connectivity index (χ4v) is 3.88. The summed E-state index contributed by atoms with van der Waals surface area (Å²) in [5.41, 5.74) is 0. The highest BCUT2D eigenvalue weighted by molar-refractivity contribution is 7.99. The number of amides is 1. The van der Waals surface area contributed by atoms with Crippen LogP contribution < -0.4 is 20.6 Å². The van der Waals surface area contributed by atoms with E-state index in [1.165, 1.54) is 21.3 Å². The van der Waals surface area contributed by atoms with E-state index >= 15 is 0 Å². The number of nitrogen functional groups attached to an aromatic ring is 1. The van der Waals surface area contributed by atoms with Crippen LogP contribution in [0.4, 0.5) is 0 Å². The number of aromatic nitrogens is 3. The molecule has 0 aliphatic rings. The standard InChI is InChI=1S/C20H23N5O3S2/c1-27-15-7-9-16(10-8-15)28-13-18-23-24-20(25(18)21)30-14-19(26)22-11-12-29-17-5-3-2-4-6-17/h2-10H,11-14,21H2,1H3,(H,22,26). The van der Waals surface area contributed by atoms with Crippen LogP contribution in [-0.4, -0.2) is 45.9 Å². The molecule has 1 heterocycles. The molecule has 0 fully saturated rings. The van der Waals surface area contributed by atoms with Gasteiger partial charge in [-0.25, -0.2) is 4.68 Å². The first kappa shape index (κ1) is 21.8. The molecule has 0 aliphatic carbocycles. The third-order valence-electron chi connectivity index (χ3n) is 3.93. The number of nitrogens with one attached hydrogen (secondary N) is 1. The van der Waals surface area contributed by atoms with Gasteiger partial charge in [0.25, 0.3) is 0 Å². The van der Waals surface area contributed by atoms with Crippen LogP contribution in [0.1, 0.15) is 5.82 Å². The summed E-state index contributed by atoms with van der Waals surface area (Å²) >= 11 is 2.93. The van der Waals surface area contributed by atoms with Crippen molar-refractivity contribution in [3.8, 4) is 11.5 Å². The molecule has 0 unspecified atom stereocenters. The van der Waals surface area contributed by atoms with Crippen molar-refractivity contribution in [3.05, 3.63) is 60.4 Å². The zero-order chi connectivity index (χ0) is 21.2. The van der Waals surface area contributed by atoms with Crippen LogP contribution >= 0.6 is 23.5 Å². The van der Waals surface area contributed by atoms with Gasteiger partial charge in [-0.15, -0.1) is 22.0 Å². The lowest BCUT2D eigenvalue weighted by Gasteiger charge is -2.07. The minimum Gasteiger partial charge on any atom is -0.497 e. The van der Waals surface area contributed by atoms with E-state index in [4.69, 9.17) is 15.3 Å². The zero-order valence-corrected chi connectivity index (χ0v) is 18.1. The number of methoxy groups -OCH3 is 1. The van der Waals surface area contributed by atoms with E-state index in [0.29, 0.717) is 23.3 Å². The van der Waals surface area contributed by atoms with Gasteiger partial charge >= 0.3 is 0 Å². The van der Waals surface area contributed by atoms with E-state index in [1.54, 1.807) is 43.1 Å². The number of nitrogens with zero attached hydrogens (tertiary/aromatic N) is 3. The minimum absolute atomic E-state index is 0.0762. The van der Waals surface area contributed by atoms with Crippen molar-refractivity contribution in [2.45, 2.75) is 16.7 Å². The third-order valence-corrected chi connectivity index (χ3v) is 5.89. The quantitative estimate of drug-likeness (QED) is 0.264. The molecule has 0 radical (unpaired) electrons. The highest BCUT2D eigenvalue weighted by Crippen LogP contribution is 2.19. The van der Waals surface area contributed by atoms with Crippen molar-refractivity contribution in [2.75, 3.05) is 31.0 Å². The van der Waals surface area contributed by atoms with Crippen LogP contribution in [0.25, 0.3) is 0 Å². The summed E-state index contributed by atoms with van der Waals surface area (Å²) < 4.78 is 12.1. The Morgan fingerprint density at radius 1 is 1.07 bits per heavy atom. The van der Waals surface area contributed by atoms with Gasteiger partial charge in [-0.3, -0.25) is 4.79 Å². The van der Waals surface area contributed by atoms with E-state index < -0.39 is 0 Å². The SMILES string of the molecule is COc1ccc(OCc2nnc(SCC(=O)NCCSc3ccccc3)n2N)cc1. The van der Waals surface area contributed by atoms with Gasteiger partial charge in [-0.1, -0.05) is 30.0 Å². The molecular weight excluding hydrogens is 422 g/mol. The average Bonchev–Trinajstić information content (AvgIpc) is 3.14. The maximum Gasteiger partial charge on any atom is 0.230 e. The van der Waals surface area contributed by atoms with E-state index in [0.717, 1.165) is 11.5 Å². The molecule has 0 aliphatic heterocycles. The van der Waals surface area contributed by atoms with E-state index in [1.807, 2.05) is 30.3 Å². The molecular formula is C20H23N5O3S2. The lowest BCUT2D eigenvalue weighted by Crippen LogP contribution is -2.27. The second-order valence-corrected chi connectivity index (χ2v) is 8.14. The molecule has 1 aromatic heterocycles. The van der Waals surface area contributed by atoms with Crippen LogP contribution in [0.2, 0.25) is 0 Å². The summed E-state index contributed by atoms with van der Waals surface area (Å²) in [5, 5.41) is 11.4. The summed E-state index contributed by atoms with van der Waals surface area (Å²) in [6, 6.07) is 17.3. The molecule has 10 heteroatoms. The van der Waals surface area contributed by atoms with Gasteiger partial charge in [-0.05, 0) is 36.4 Å². The molecule has 0 saturated carbocycles. The molecule has 0 saturated heterocycles. The van der Waals surface area contributed by atoms with E-state index in [9.17, 15) is 4.79 Å². The van der Waals surface area contributed by atoms with E-state index in [-0.39, 0.29) is 18.3 Å². The maximum absolute atomic E-state index is 12.0. The first-order valence-corrected chi connectivity index (χ1v) is 11.2. The fourth-order valence-electron chi connectivity index (χ4n) is 2.38. The van der Waals surface area contributed by atoms with Crippen LogP contribution in [0.15, 0.2) is 64.6 Å². The van der Waals surface area contributed by atoms with Crippen molar-refractivity contribution in [1.29, 1.82) is 0 Å². The molecule has 3 rings (SSSR count). The lowest BCUT2D eigenvalue weighted by molar-refractivity contribution is -0.118. The van der Waals surface area contributed by atoms with Crippen molar-refractivity contribution in [2.24, 2.45) is 0 Å². The maximum atomic E-state index is 12.0. The Kier molecular flexibility index (Phi) is 8.28. The predicted molar refractivity (Wildman–Crippen MR) is 118 cm³/mol. The summed E-state index contributed by atoms with van der Waals surface area (Å²) in [7, 11) is 1.61. The monoisotopic (exact) mass is 445 g/mol. The third kappa shape index (κ3) is 6.60. The Hall–Kier alpha value is -2.85. The molecule has 3 aromatic rings. The summed E-state index contributed by atoms with van der Waals surface area (Å²) in [6.07, 6.45) is 0. The van der Waals surface area contributed by atoms with Gasteiger partial charge < -0.3 is 20.6 Å². The van der Waals surface area contributed by atoms with E-state index in [2.05, 4.69) is 15.5 Å². The van der Waals surface area contributed by atoms with Gasteiger partial charge in [0.05, 0.1) is 12.9 Å². The average molecular weight is 446 g/mol. The number of nitrogens with two attached hydrogens (primary N) is 1. The molecule has 8 nitrogen and oxygen atoms in total. The molecule has 3 N–H and O–H groups in total. The summed E-state index contributed by atoms with van der Waals surface area (Å²) in [4.78, 5) is 13.2. The van der Waals surface area contributed by atoms with Crippen molar-refractivity contribution >= 4 is 29.4 Å². The summed E-state index contributed by atoms with van der Waals surface area (Å²) in [5.74, 6) is 8.85. The normalized spacial score (nSPS) is 10.6. The Balaban J connectivity index is 1.38. The predicted octanol–water partition coefficient (Wildman–Crippen LogP) is 2.58. The Morgan fingerprint density at radius 2 is 1.80 bits per heavy atom. The van der Waals surface area contributed by atoms with Gasteiger partial charge in [-0.2, -0.15) is 0 Å². The number of ether oxygens (including phenoxy) is 2. The largest absolute Gasteiger partial charge is 0.497 e. The molecule has 0 bridgehead atoms. The molecule has 0 spiro atoms. The highest BCUT2D eigenvalue weighted by Gasteiger charge is 2.13. The van der Waals surface area contributed by atoms with Gasteiger partial charge in [0, 0.05) is 17.2 Å². The molecule has 2 aromatic carbocycles. The smallest absolute Gasteiger partial charge is 0.230 e. The topological polar surface area (TPSA) is 104 Å². The molecule has 0 atom stereocenters. The van der Waals surface area contributed by atoms with Crippen LogP contribution in [-0.2, 0) is 11.4 Å². The Morgan fingerprint density at radius 3 is 2.53 bits per heavy atom. The molecule has 30 heavy (non-hydrogen) atoms. The lowest BCUT2D eigenvalue weighted by atomic mass is 10.3. The number of carbonyl (C=O) groups is 1. The number of hydrogen-bond donors (Lipinski definition) is 2. The number of carbonyl (C=O) groups excluding carboxylic acids is 1. The van der Waals surface area contributed by atoms with Crippen molar-refractivity contribution in [1.82, 2.24) is 20.2 Å². The Labute approximate surface area is 183 Å². The molecule has 1 amide bonds. The number of benzene rings is 2. The number of hydrogen-bond acceptors (Lipinski definition) is 8. The zero-order valence-electron chi connectivity index (χ0n) is 16.5. The first-order chi connectivity index (χ1) is 14.7. The second-order valence-electron chi connectivity index (χ2n) is 6.03. The van der Waals surface area contributed by atoms with Gasteiger partial charge in [0.1, 0.15) is 18.1 Å². The fraction of sp³-hybridized carbons (Fsp3) is 0.250. The Bertz CT molecular complexity index is 935. The van der Waals surface area contributed by atoms with Gasteiger partial charge in [0.15, 0.2) is 5.82 Å².